The first-order chi connectivity index (χ1) is 10.2. The fourth-order valence-electron chi connectivity index (χ4n) is 3.11. The molecule has 0 N–H and O–H groups in total. The maximum Gasteiger partial charge on any atom is 0.184 e. The monoisotopic (exact) mass is 309 g/mol. The van der Waals surface area contributed by atoms with E-state index in [1.165, 1.54) is 12.1 Å². The van der Waals surface area contributed by atoms with Crippen molar-refractivity contribution in [1.29, 1.82) is 0 Å². The Morgan fingerprint density at radius 2 is 2.05 bits per heavy atom. The van der Waals surface area contributed by atoms with Crippen LogP contribution in [0.15, 0.2) is 23.4 Å². The van der Waals surface area contributed by atoms with Gasteiger partial charge < -0.3 is 14.5 Å². The molecule has 2 aromatic rings. The second-order valence-corrected chi connectivity index (χ2v) is 5.78. The molecule has 2 aliphatic rings. The van der Waals surface area contributed by atoms with E-state index in [0.29, 0.717) is 24.9 Å². The number of thiol groups is 1. The number of fused-ring (bicyclic) bond motifs is 2. The first-order valence-electron chi connectivity index (χ1n) is 7.08. The highest BCUT2D eigenvalue weighted by atomic mass is 32.1. The second-order valence-electron chi connectivity index (χ2n) is 5.38. The normalized spacial score (nSPS) is 26.1. The van der Waals surface area contributed by atoms with E-state index in [1.54, 1.807) is 6.07 Å². The van der Waals surface area contributed by atoms with Gasteiger partial charge in [0.05, 0.1) is 36.9 Å². The lowest BCUT2D eigenvalue weighted by atomic mass is 10.1. The third-order valence-corrected chi connectivity index (χ3v) is 4.37. The number of rotatable bonds is 1. The summed E-state index contributed by atoms with van der Waals surface area (Å²) in [4.78, 5) is 4.38. The van der Waals surface area contributed by atoms with Crippen LogP contribution in [-0.2, 0) is 9.47 Å². The number of imidazole rings is 1. The quantitative estimate of drug-likeness (QED) is 0.812. The van der Waals surface area contributed by atoms with Crippen molar-refractivity contribution in [3.05, 3.63) is 24.0 Å². The second kappa shape index (κ2) is 5.15. The summed E-state index contributed by atoms with van der Waals surface area (Å²) in [7, 11) is 0. The van der Waals surface area contributed by atoms with Crippen LogP contribution in [0.25, 0.3) is 11.0 Å². The molecule has 2 fully saturated rings. The number of benzene rings is 1. The molecule has 4 rings (SSSR count). The van der Waals surface area contributed by atoms with Crippen LogP contribution in [0.1, 0.15) is 6.42 Å². The van der Waals surface area contributed by atoms with Crippen LogP contribution in [0.4, 0.5) is 4.39 Å². The van der Waals surface area contributed by atoms with E-state index in [1.807, 2.05) is 4.68 Å². The van der Waals surface area contributed by atoms with Crippen molar-refractivity contribution < 1.29 is 13.9 Å². The van der Waals surface area contributed by atoms with Gasteiger partial charge in [0.2, 0.25) is 0 Å². The van der Waals surface area contributed by atoms with Gasteiger partial charge in [0.25, 0.3) is 0 Å². The molecule has 5 nitrogen and oxygen atoms in total. The van der Waals surface area contributed by atoms with Gasteiger partial charge >= 0.3 is 0 Å². The van der Waals surface area contributed by atoms with Gasteiger partial charge in [-0.25, -0.2) is 14.1 Å². The lowest BCUT2D eigenvalue weighted by Gasteiger charge is -2.42. The summed E-state index contributed by atoms with van der Waals surface area (Å²) in [5.41, 5.74) is 1.47. The molecule has 2 unspecified atom stereocenters. The average Bonchev–Trinajstić information content (AvgIpc) is 2.82. The maximum absolute atomic E-state index is 13.5. The summed E-state index contributed by atoms with van der Waals surface area (Å²) >= 11 is 4.43. The number of aromatic nitrogens is 2. The van der Waals surface area contributed by atoms with Crippen molar-refractivity contribution in [2.75, 3.05) is 31.3 Å². The third-order valence-electron chi connectivity index (χ3n) is 4.08. The largest absolute Gasteiger partial charge is 0.373 e. The van der Waals surface area contributed by atoms with Gasteiger partial charge in [-0.05, 0) is 18.6 Å². The number of hydrogen-bond donors (Lipinski definition) is 1. The SMILES string of the molecule is Fc1ccc2nc(S)n(N3CCC4OCCOC4C3)c2c1. The Bertz CT molecular complexity index is 678. The molecular weight excluding hydrogens is 293 g/mol. The highest BCUT2D eigenvalue weighted by Crippen LogP contribution is 2.25. The average molecular weight is 309 g/mol. The van der Waals surface area contributed by atoms with E-state index in [0.717, 1.165) is 24.0 Å². The minimum atomic E-state index is -0.274. The van der Waals surface area contributed by atoms with Crippen molar-refractivity contribution in [3.8, 4) is 0 Å². The molecule has 21 heavy (non-hydrogen) atoms. The summed E-state index contributed by atoms with van der Waals surface area (Å²) < 4.78 is 26.9. The molecule has 0 bridgehead atoms. The molecule has 0 spiro atoms. The Morgan fingerprint density at radius 3 is 2.90 bits per heavy atom. The zero-order valence-electron chi connectivity index (χ0n) is 11.4. The maximum atomic E-state index is 13.5. The Hall–Kier alpha value is -1.31. The zero-order chi connectivity index (χ0) is 14.4. The molecule has 0 saturated carbocycles. The fourth-order valence-corrected chi connectivity index (χ4v) is 3.45. The molecule has 0 amide bonds. The van der Waals surface area contributed by atoms with E-state index in [-0.39, 0.29) is 18.0 Å². The predicted octanol–water partition coefficient (Wildman–Crippen LogP) is 1.59. The number of ether oxygens (including phenoxy) is 2. The Labute approximate surface area is 127 Å². The number of nitrogens with zero attached hydrogens (tertiary/aromatic N) is 3. The predicted molar refractivity (Wildman–Crippen MR) is 79.0 cm³/mol. The van der Waals surface area contributed by atoms with Crippen LogP contribution in [-0.4, -0.2) is 48.2 Å². The van der Waals surface area contributed by atoms with Crippen molar-refractivity contribution in [2.24, 2.45) is 0 Å². The first kappa shape index (κ1) is 13.4. The van der Waals surface area contributed by atoms with Gasteiger partial charge in [-0.2, -0.15) is 0 Å². The topological polar surface area (TPSA) is 39.5 Å². The van der Waals surface area contributed by atoms with Crippen LogP contribution < -0.4 is 5.01 Å². The minimum Gasteiger partial charge on any atom is -0.373 e. The summed E-state index contributed by atoms with van der Waals surface area (Å²) in [5.74, 6) is -0.274. The van der Waals surface area contributed by atoms with Crippen molar-refractivity contribution >= 4 is 23.7 Å². The Balaban J connectivity index is 1.70. The highest BCUT2D eigenvalue weighted by molar-refractivity contribution is 7.80. The van der Waals surface area contributed by atoms with Crippen LogP contribution in [0.3, 0.4) is 0 Å². The lowest BCUT2D eigenvalue weighted by Crippen LogP contribution is -2.55. The molecule has 112 valence electrons. The number of piperidine rings is 1. The van der Waals surface area contributed by atoms with Gasteiger partial charge in [0.15, 0.2) is 5.16 Å². The molecule has 1 aromatic carbocycles. The molecule has 3 heterocycles. The first-order valence-corrected chi connectivity index (χ1v) is 7.52. The van der Waals surface area contributed by atoms with Crippen molar-refractivity contribution in [3.63, 3.8) is 0 Å². The molecule has 2 aliphatic heterocycles. The van der Waals surface area contributed by atoms with Crippen LogP contribution in [0, 0.1) is 5.82 Å². The molecule has 7 heteroatoms. The third kappa shape index (κ3) is 2.29. The van der Waals surface area contributed by atoms with E-state index in [9.17, 15) is 4.39 Å². The van der Waals surface area contributed by atoms with Crippen LogP contribution in [0.2, 0.25) is 0 Å². The highest BCUT2D eigenvalue weighted by Gasteiger charge is 2.34. The Morgan fingerprint density at radius 1 is 1.24 bits per heavy atom. The van der Waals surface area contributed by atoms with Crippen LogP contribution >= 0.6 is 12.6 Å². The van der Waals surface area contributed by atoms with E-state index in [4.69, 9.17) is 9.47 Å². The van der Waals surface area contributed by atoms with Gasteiger partial charge in [0, 0.05) is 12.6 Å². The summed E-state index contributed by atoms with van der Waals surface area (Å²) in [6, 6.07) is 4.58. The minimum absolute atomic E-state index is 0.0474. The number of halogens is 1. The summed E-state index contributed by atoms with van der Waals surface area (Å²) in [6.07, 6.45) is 1.09. The van der Waals surface area contributed by atoms with Crippen LogP contribution in [0.5, 0.6) is 0 Å². The summed E-state index contributed by atoms with van der Waals surface area (Å²) in [6.45, 7) is 2.79. The van der Waals surface area contributed by atoms with Gasteiger partial charge in [0.1, 0.15) is 11.9 Å². The number of hydrogen-bond acceptors (Lipinski definition) is 5. The van der Waals surface area contributed by atoms with Crippen molar-refractivity contribution in [2.45, 2.75) is 23.8 Å². The molecule has 0 radical (unpaired) electrons. The molecule has 2 saturated heterocycles. The standard InChI is InChI=1S/C14H16FN3O2S/c15-9-1-2-10-11(7-9)18(14(21)16-10)17-4-3-12-13(8-17)20-6-5-19-12/h1-2,7,12-13H,3-6,8H2,(H,16,21). The van der Waals surface area contributed by atoms with E-state index in [2.05, 4.69) is 22.6 Å². The molecule has 1 aromatic heterocycles. The zero-order valence-corrected chi connectivity index (χ0v) is 12.3. The van der Waals surface area contributed by atoms with Gasteiger partial charge in [-0.1, -0.05) is 0 Å². The molecule has 0 aliphatic carbocycles. The molecule has 2 atom stereocenters. The summed E-state index contributed by atoms with van der Waals surface area (Å²) in [5, 5.41) is 2.67. The van der Waals surface area contributed by atoms with Gasteiger partial charge in [-0.3, -0.25) is 0 Å². The van der Waals surface area contributed by atoms with E-state index >= 15 is 0 Å². The smallest absolute Gasteiger partial charge is 0.184 e. The Kier molecular flexibility index (Phi) is 3.28. The molecular formula is C14H16FN3O2S. The van der Waals surface area contributed by atoms with E-state index < -0.39 is 0 Å². The fraction of sp³-hybridized carbons (Fsp3) is 0.500. The van der Waals surface area contributed by atoms with Gasteiger partial charge in [-0.15, -0.1) is 12.6 Å². The lowest BCUT2D eigenvalue weighted by molar-refractivity contribution is -0.146. The van der Waals surface area contributed by atoms with Crippen molar-refractivity contribution in [1.82, 2.24) is 9.66 Å².